The SMILES string of the molecule is Cc1noc(C)c1CSc1ncccc1C(=O)N1CCC(Sc2ccccn2)CC1. The molecule has 30 heavy (non-hydrogen) atoms. The van der Waals surface area contributed by atoms with Crippen molar-refractivity contribution >= 4 is 29.4 Å². The molecule has 156 valence electrons. The Bertz CT molecular complexity index is 982. The minimum atomic E-state index is 0.0608. The number of hydrogen-bond acceptors (Lipinski definition) is 7. The van der Waals surface area contributed by atoms with Crippen LogP contribution in [0.5, 0.6) is 0 Å². The Hall–Kier alpha value is -2.32. The Morgan fingerprint density at radius 3 is 2.63 bits per heavy atom. The second-order valence-corrected chi connectivity index (χ2v) is 9.51. The van der Waals surface area contributed by atoms with Crippen molar-refractivity contribution in [2.75, 3.05) is 13.1 Å². The van der Waals surface area contributed by atoms with Gasteiger partial charge in [0.2, 0.25) is 0 Å². The zero-order valence-corrected chi connectivity index (χ0v) is 18.7. The molecule has 0 radical (unpaired) electrons. The lowest BCUT2D eigenvalue weighted by Gasteiger charge is -2.31. The number of rotatable bonds is 6. The Balaban J connectivity index is 1.38. The monoisotopic (exact) mass is 440 g/mol. The Kier molecular flexibility index (Phi) is 6.74. The number of nitrogens with zero attached hydrogens (tertiary/aromatic N) is 4. The number of piperidine rings is 1. The van der Waals surface area contributed by atoms with Crippen LogP contribution in [0.15, 0.2) is 57.3 Å². The zero-order chi connectivity index (χ0) is 20.9. The van der Waals surface area contributed by atoms with E-state index in [1.807, 2.05) is 55.3 Å². The lowest BCUT2D eigenvalue weighted by Crippen LogP contribution is -2.39. The predicted octanol–water partition coefficient (Wildman–Crippen LogP) is 4.77. The lowest BCUT2D eigenvalue weighted by molar-refractivity contribution is 0.0723. The van der Waals surface area contributed by atoms with Crippen molar-refractivity contribution < 1.29 is 9.32 Å². The summed E-state index contributed by atoms with van der Waals surface area (Å²) in [6.45, 7) is 5.36. The molecule has 0 bridgehead atoms. The normalized spacial score (nSPS) is 14.8. The van der Waals surface area contributed by atoms with Gasteiger partial charge in [-0.15, -0.1) is 23.5 Å². The fourth-order valence-electron chi connectivity index (χ4n) is 3.45. The highest BCUT2D eigenvalue weighted by Gasteiger charge is 2.26. The van der Waals surface area contributed by atoms with Crippen molar-refractivity contribution in [1.29, 1.82) is 0 Å². The molecule has 0 N–H and O–H groups in total. The Morgan fingerprint density at radius 2 is 1.93 bits per heavy atom. The van der Waals surface area contributed by atoms with Gasteiger partial charge in [0.05, 0.1) is 16.3 Å². The van der Waals surface area contributed by atoms with Crippen LogP contribution >= 0.6 is 23.5 Å². The van der Waals surface area contributed by atoms with Crippen LogP contribution < -0.4 is 0 Å². The fraction of sp³-hybridized carbons (Fsp3) is 0.364. The van der Waals surface area contributed by atoms with E-state index in [0.717, 1.165) is 53.0 Å². The topological polar surface area (TPSA) is 72.1 Å². The molecule has 1 saturated heterocycles. The average molecular weight is 441 g/mol. The summed E-state index contributed by atoms with van der Waals surface area (Å²) in [7, 11) is 0. The minimum absolute atomic E-state index is 0.0608. The molecule has 1 amide bonds. The molecule has 4 rings (SSSR count). The van der Waals surface area contributed by atoms with Crippen LogP contribution in [0.4, 0.5) is 0 Å². The van der Waals surface area contributed by atoms with Crippen molar-refractivity contribution in [2.45, 2.75) is 47.7 Å². The first-order chi connectivity index (χ1) is 14.6. The van der Waals surface area contributed by atoms with E-state index < -0.39 is 0 Å². The summed E-state index contributed by atoms with van der Waals surface area (Å²) in [5.41, 5.74) is 2.62. The van der Waals surface area contributed by atoms with E-state index in [0.29, 0.717) is 16.6 Å². The number of aryl methyl sites for hydroxylation is 2. The van der Waals surface area contributed by atoms with E-state index in [2.05, 4.69) is 15.1 Å². The molecule has 1 aliphatic rings. The second kappa shape index (κ2) is 9.66. The molecule has 0 saturated carbocycles. The van der Waals surface area contributed by atoms with Crippen LogP contribution in [0, 0.1) is 13.8 Å². The van der Waals surface area contributed by atoms with Crippen molar-refractivity contribution in [3.63, 3.8) is 0 Å². The van der Waals surface area contributed by atoms with E-state index >= 15 is 0 Å². The maximum atomic E-state index is 13.2. The van der Waals surface area contributed by atoms with E-state index in [1.165, 1.54) is 0 Å². The van der Waals surface area contributed by atoms with Crippen LogP contribution in [-0.4, -0.2) is 44.3 Å². The van der Waals surface area contributed by atoms with Gasteiger partial charge in [0.15, 0.2) is 0 Å². The van der Waals surface area contributed by atoms with E-state index in [1.54, 1.807) is 29.7 Å². The van der Waals surface area contributed by atoms with Crippen LogP contribution in [0.25, 0.3) is 0 Å². The van der Waals surface area contributed by atoms with Crippen LogP contribution in [0.3, 0.4) is 0 Å². The van der Waals surface area contributed by atoms with Crippen molar-refractivity contribution in [1.82, 2.24) is 20.0 Å². The summed E-state index contributed by atoms with van der Waals surface area (Å²) in [4.78, 5) is 24.0. The summed E-state index contributed by atoms with van der Waals surface area (Å²) in [6.07, 6.45) is 5.50. The molecule has 3 aromatic heterocycles. The van der Waals surface area contributed by atoms with Crippen molar-refractivity contribution in [3.8, 4) is 0 Å². The molecule has 0 unspecified atom stereocenters. The smallest absolute Gasteiger partial charge is 0.256 e. The average Bonchev–Trinajstić information content (AvgIpc) is 3.10. The predicted molar refractivity (Wildman–Crippen MR) is 119 cm³/mol. The molecule has 4 heterocycles. The van der Waals surface area contributed by atoms with Gasteiger partial charge in [-0.3, -0.25) is 4.79 Å². The van der Waals surface area contributed by atoms with Gasteiger partial charge in [-0.05, 0) is 51.0 Å². The molecule has 8 heteroatoms. The zero-order valence-electron chi connectivity index (χ0n) is 17.1. The van der Waals surface area contributed by atoms with E-state index in [9.17, 15) is 4.79 Å². The van der Waals surface area contributed by atoms with Gasteiger partial charge >= 0.3 is 0 Å². The molecule has 1 fully saturated rings. The third-order valence-corrected chi connectivity index (χ3v) is 7.51. The summed E-state index contributed by atoms with van der Waals surface area (Å²) in [5.74, 6) is 1.56. The highest BCUT2D eigenvalue weighted by Crippen LogP contribution is 2.31. The molecular weight excluding hydrogens is 416 g/mol. The largest absolute Gasteiger partial charge is 0.361 e. The number of aromatic nitrogens is 3. The summed E-state index contributed by atoms with van der Waals surface area (Å²) < 4.78 is 5.24. The van der Waals surface area contributed by atoms with E-state index in [4.69, 9.17) is 4.52 Å². The number of carbonyl (C=O) groups excluding carboxylic acids is 1. The number of hydrogen-bond donors (Lipinski definition) is 0. The van der Waals surface area contributed by atoms with Crippen molar-refractivity contribution in [3.05, 3.63) is 65.3 Å². The van der Waals surface area contributed by atoms with Gasteiger partial charge in [-0.2, -0.15) is 0 Å². The van der Waals surface area contributed by atoms with Gasteiger partial charge in [-0.25, -0.2) is 9.97 Å². The Labute approximate surface area is 184 Å². The van der Waals surface area contributed by atoms with Gasteiger partial charge in [0.1, 0.15) is 10.8 Å². The number of amides is 1. The maximum absolute atomic E-state index is 13.2. The summed E-state index contributed by atoms with van der Waals surface area (Å²) >= 11 is 3.36. The van der Waals surface area contributed by atoms with Gasteiger partial charge in [0.25, 0.3) is 5.91 Å². The highest BCUT2D eigenvalue weighted by molar-refractivity contribution is 7.99. The first-order valence-electron chi connectivity index (χ1n) is 9.98. The highest BCUT2D eigenvalue weighted by atomic mass is 32.2. The first kappa shape index (κ1) is 20.9. The third-order valence-electron chi connectivity index (χ3n) is 5.19. The maximum Gasteiger partial charge on any atom is 0.256 e. The number of carbonyl (C=O) groups is 1. The molecule has 0 aliphatic carbocycles. The van der Waals surface area contributed by atoms with Gasteiger partial charge in [0, 0.05) is 42.0 Å². The lowest BCUT2D eigenvalue weighted by atomic mass is 10.1. The first-order valence-corrected chi connectivity index (χ1v) is 11.8. The van der Waals surface area contributed by atoms with Crippen LogP contribution in [0.1, 0.15) is 40.2 Å². The molecule has 3 aromatic rings. The van der Waals surface area contributed by atoms with Gasteiger partial charge in [-0.1, -0.05) is 11.2 Å². The second-order valence-electron chi connectivity index (χ2n) is 7.22. The van der Waals surface area contributed by atoms with Gasteiger partial charge < -0.3 is 9.42 Å². The number of thioether (sulfide) groups is 2. The van der Waals surface area contributed by atoms with Crippen LogP contribution in [-0.2, 0) is 5.75 Å². The quantitative estimate of drug-likeness (QED) is 0.511. The van der Waals surface area contributed by atoms with Crippen molar-refractivity contribution in [2.24, 2.45) is 0 Å². The fourth-order valence-corrected chi connectivity index (χ4v) is 5.66. The summed E-state index contributed by atoms with van der Waals surface area (Å²) in [5, 5.41) is 6.30. The Morgan fingerprint density at radius 1 is 1.13 bits per heavy atom. The molecule has 0 spiro atoms. The molecule has 6 nitrogen and oxygen atoms in total. The summed E-state index contributed by atoms with van der Waals surface area (Å²) in [6, 6.07) is 9.69. The van der Waals surface area contributed by atoms with E-state index in [-0.39, 0.29) is 5.91 Å². The standard InChI is InChI=1S/C22H24N4O2S2/c1-15-19(16(2)28-25-15)14-29-21-18(6-5-11-24-21)22(27)26-12-8-17(9-13-26)30-20-7-3-4-10-23-20/h3-7,10-11,17H,8-9,12-14H2,1-2H3. The molecular formula is C22H24N4O2S2. The molecule has 0 aromatic carbocycles. The number of pyridine rings is 2. The molecule has 1 aliphatic heterocycles. The minimum Gasteiger partial charge on any atom is -0.361 e. The van der Waals surface area contributed by atoms with Crippen LogP contribution in [0.2, 0.25) is 0 Å². The third kappa shape index (κ3) is 4.87. The number of likely N-dealkylation sites (tertiary alicyclic amines) is 1. The molecule has 0 atom stereocenters.